The summed E-state index contributed by atoms with van der Waals surface area (Å²) in [7, 11) is 5.23. The van der Waals surface area contributed by atoms with E-state index in [0.717, 1.165) is 12.8 Å². The highest BCUT2D eigenvalue weighted by Gasteiger charge is 2.29. The molecule has 0 aromatic heterocycles. The van der Waals surface area contributed by atoms with Gasteiger partial charge < -0.3 is 4.90 Å². The zero-order valence-corrected chi connectivity index (χ0v) is 9.79. The zero-order chi connectivity index (χ0) is 10.7. The van der Waals surface area contributed by atoms with Gasteiger partial charge in [0.25, 0.3) is 0 Å². The minimum atomic E-state index is -0.426. The fraction of sp³-hybridized carbons (Fsp3) is 0.778. The lowest BCUT2D eigenvalue weighted by Gasteiger charge is -2.37. The summed E-state index contributed by atoms with van der Waals surface area (Å²) in [6, 6.07) is 0.159. The van der Waals surface area contributed by atoms with Gasteiger partial charge >= 0.3 is 0 Å². The highest BCUT2D eigenvalue weighted by atomic mass is 79.9. The lowest BCUT2D eigenvalue weighted by atomic mass is 9.89. The zero-order valence-electron chi connectivity index (χ0n) is 8.20. The Morgan fingerprint density at radius 1 is 1.50 bits per heavy atom. The molecule has 2 radical (unpaired) electrons. The molecule has 0 saturated carbocycles. The summed E-state index contributed by atoms with van der Waals surface area (Å²) in [5.74, 6) is -0.314. The molecule has 1 aliphatic rings. The van der Waals surface area contributed by atoms with Crippen molar-refractivity contribution in [3.8, 4) is 0 Å². The van der Waals surface area contributed by atoms with Gasteiger partial charge in [-0.2, -0.15) is 0 Å². The van der Waals surface area contributed by atoms with Crippen LogP contribution in [-0.4, -0.2) is 42.3 Å². The molecule has 0 N–H and O–H groups in total. The van der Waals surface area contributed by atoms with Crippen LogP contribution in [0.3, 0.4) is 0 Å². The first-order valence-electron chi connectivity index (χ1n) is 4.71. The summed E-state index contributed by atoms with van der Waals surface area (Å²) in [5, 5.41) is 0.360. The van der Waals surface area contributed by atoms with E-state index in [1.54, 1.807) is 4.90 Å². The van der Waals surface area contributed by atoms with E-state index in [4.69, 9.17) is 7.85 Å². The Balaban J connectivity index is 2.62. The van der Waals surface area contributed by atoms with Crippen molar-refractivity contribution in [3.05, 3.63) is 0 Å². The van der Waals surface area contributed by atoms with Crippen molar-refractivity contribution in [1.29, 1.82) is 0 Å². The molecular formula is C9H13BBrNO2. The van der Waals surface area contributed by atoms with E-state index in [2.05, 4.69) is 15.9 Å². The number of ketones is 1. The van der Waals surface area contributed by atoms with Crippen molar-refractivity contribution in [3.63, 3.8) is 0 Å². The fourth-order valence-electron chi connectivity index (χ4n) is 1.79. The molecule has 0 aromatic rings. The average Bonchev–Trinajstić information content (AvgIpc) is 2.17. The van der Waals surface area contributed by atoms with E-state index in [9.17, 15) is 9.59 Å². The number of halogens is 1. The lowest BCUT2D eigenvalue weighted by molar-refractivity contribution is -0.121. The van der Waals surface area contributed by atoms with Crippen molar-refractivity contribution >= 4 is 35.4 Å². The molecule has 5 heteroatoms. The monoisotopic (exact) mass is 257 g/mol. The molecule has 0 aliphatic carbocycles. The number of hydrogen-bond acceptors (Lipinski definition) is 2. The van der Waals surface area contributed by atoms with Crippen LogP contribution in [0.1, 0.15) is 19.8 Å². The molecule has 14 heavy (non-hydrogen) atoms. The standard InChI is InChI=1S/C9H13BBrNO2/c1-6-2-3-7(8(13)4-11)5-12(6)9(10)14/h6-7H,2-5H2,1H3/t6-,7-/m1/s1. The minimum Gasteiger partial charge on any atom is -0.349 e. The second kappa shape index (κ2) is 4.96. The summed E-state index contributed by atoms with van der Waals surface area (Å²) in [5.41, 5.74) is 0. The smallest absolute Gasteiger partial charge is 0.200 e. The van der Waals surface area contributed by atoms with Crippen LogP contribution in [-0.2, 0) is 4.79 Å². The first-order chi connectivity index (χ1) is 6.56. The molecule has 1 fully saturated rings. The molecule has 1 saturated heterocycles. The highest BCUT2D eigenvalue weighted by molar-refractivity contribution is 9.09. The van der Waals surface area contributed by atoms with Crippen molar-refractivity contribution in [1.82, 2.24) is 4.90 Å². The summed E-state index contributed by atoms with van der Waals surface area (Å²) >= 11 is 3.14. The van der Waals surface area contributed by atoms with E-state index in [1.807, 2.05) is 6.92 Å². The number of piperidine rings is 1. The molecule has 3 nitrogen and oxygen atoms in total. The van der Waals surface area contributed by atoms with Gasteiger partial charge in [-0.25, -0.2) is 0 Å². The maximum Gasteiger partial charge on any atom is 0.200 e. The van der Waals surface area contributed by atoms with E-state index in [-0.39, 0.29) is 17.7 Å². The molecule has 0 spiro atoms. The van der Waals surface area contributed by atoms with Gasteiger partial charge in [0.2, 0.25) is 7.85 Å². The van der Waals surface area contributed by atoms with Gasteiger partial charge in [0.1, 0.15) is 5.78 Å². The number of Topliss-reactive ketones (excluding diaryl/α,β-unsaturated/α-hetero) is 1. The summed E-state index contributed by atoms with van der Waals surface area (Å²) < 4.78 is 0. The maximum atomic E-state index is 11.4. The third-order valence-corrected chi connectivity index (χ3v) is 3.30. The Morgan fingerprint density at radius 3 is 2.64 bits per heavy atom. The Morgan fingerprint density at radius 2 is 2.14 bits per heavy atom. The molecule has 76 valence electrons. The Hall–Kier alpha value is -0.315. The Kier molecular flexibility index (Phi) is 4.17. The number of alkyl halides is 1. The second-order valence-corrected chi connectivity index (χ2v) is 4.27. The SMILES string of the molecule is [B]C(=O)N1C[C@H](C(=O)CBr)CC[C@H]1C. The predicted octanol–water partition coefficient (Wildman–Crippen LogP) is 1.34. The first kappa shape index (κ1) is 11.8. The summed E-state index contributed by atoms with van der Waals surface area (Å²) in [6.45, 7) is 2.43. The third kappa shape index (κ3) is 2.59. The predicted molar refractivity (Wildman–Crippen MR) is 58.8 cm³/mol. The molecule has 1 heterocycles. The van der Waals surface area contributed by atoms with Gasteiger partial charge in [-0.1, -0.05) is 15.9 Å². The van der Waals surface area contributed by atoms with Crippen molar-refractivity contribution in [2.75, 3.05) is 11.9 Å². The van der Waals surface area contributed by atoms with Crippen LogP contribution in [0.5, 0.6) is 0 Å². The quantitative estimate of drug-likeness (QED) is 0.553. The molecule has 0 unspecified atom stereocenters. The molecule has 0 bridgehead atoms. The average molecular weight is 258 g/mol. The summed E-state index contributed by atoms with van der Waals surface area (Å²) in [6.07, 6.45) is 1.71. The van der Waals surface area contributed by atoms with Gasteiger partial charge in [0, 0.05) is 18.5 Å². The Bertz CT molecular complexity index is 247. The van der Waals surface area contributed by atoms with Crippen LogP contribution in [0, 0.1) is 5.92 Å². The van der Waals surface area contributed by atoms with Crippen LogP contribution >= 0.6 is 15.9 Å². The van der Waals surface area contributed by atoms with Gasteiger partial charge in [-0.3, -0.25) is 9.59 Å². The van der Waals surface area contributed by atoms with Gasteiger partial charge in [-0.15, -0.1) is 0 Å². The van der Waals surface area contributed by atoms with Gasteiger partial charge in [0.15, 0.2) is 5.81 Å². The normalized spacial score (nSPS) is 27.4. The lowest BCUT2D eigenvalue weighted by Crippen LogP contribution is -2.47. The molecule has 1 rings (SSSR count). The number of carbonyl (C=O) groups excluding carboxylic acids is 2. The van der Waals surface area contributed by atoms with Crippen LogP contribution in [0.4, 0.5) is 4.79 Å². The van der Waals surface area contributed by atoms with Crippen LogP contribution in [0.15, 0.2) is 0 Å². The molecule has 0 aromatic carbocycles. The van der Waals surface area contributed by atoms with Crippen molar-refractivity contribution in [2.24, 2.45) is 5.92 Å². The first-order valence-corrected chi connectivity index (χ1v) is 5.83. The molecule has 1 aliphatic heterocycles. The molecule has 2 atom stereocenters. The van der Waals surface area contributed by atoms with Crippen molar-refractivity contribution in [2.45, 2.75) is 25.8 Å². The number of carbonyl (C=O) groups is 2. The number of hydrogen-bond donors (Lipinski definition) is 0. The minimum absolute atomic E-state index is 0.0434. The number of amides is 1. The Labute approximate surface area is 93.8 Å². The topological polar surface area (TPSA) is 37.4 Å². The second-order valence-electron chi connectivity index (χ2n) is 3.71. The van der Waals surface area contributed by atoms with E-state index >= 15 is 0 Å². The van der Waals surface area contributed by atoms with Crippen molar-refractivity contribution < 1.29 is 9.59 Å². The largest absolute Gasteiger partial charge is 0.349 e. The van der Waals surface area contributed by atoms with Gasteiger partial charge in [-0.05, 0) is 19.8 Å². The molecule has 1 amide bonds. The maximum absolute atomic E-state index is 11.4. The van der Waals surface area contributed by atoms with E-state index < -0.39 is 5.81 Å². The van der Waals surface area contributed by atoms with Crippen LogP contribution in [0.2, 0.25) is 0 Å². The molecular weight excluding hydrogens is 245 g/mol. The van der Waals surface area contributed by atoms with Crippen LogP contribution < -0.4 is 0 Å². The number of likely N-dealkylation sites (tertiary alicyclic amines) is 1. The fourth-order valence-corrected chi connectivity index (χ4v) is 2.24. The van der Waals surface area contributed by atoms with E-state index in [0.29, 0.717) is 11.9 Å². The van der Waals surface area contributed by atoms with Gasteiger partial charge in [0.05, 0.1) is 5.33 Å². The summed E-state index contributed by atoms with van der Waals surface area (Å²) in [4.78, 5) is 24.0. The third-order valence-electron chi connectivity index (χ3n) is 2.75. The highest BCUT2D eigenvalue weighted by Crippen LogP contribution is 2.22. The number of rotatable bonds is 2. The number of nitrogens with zero attached hydrogens (tertiary/aromatic N) is 1. The van der Waals surface area contributed by atoms with E-state index in [1.165, 1.54) is 0 Å². The van der Waals surface area contributed by atoms with Crippen LogP contribution in [0.25, 0.3) is 0 Å².